The van der Waals surface area contributed by atoms with Crippen LogP contribution in [-0.4, -0.2) is 25.1 Å². The van der Waals surface area contributed by atoms with Gasteiger partial charge in [-0.3, -0.25) is 4.79 Å². The van der Waals surface area contributed by atoms with Gasteiger partial charge in [0.15, 0.2) is 17.3 Å². The Bertz CT molecular complexity index is 401. The minimum absolute atomic E-state index is 0.0295. The van der Waals surface area contributed by atoms with E-state index in [0.29, 0.717) is 5.75 Å². The third kappa shape index (κ3) is 1.99. The standard InChI is InChI=1S/C10H11ClO4/c1-5(12)8-9(13)6(11)4-7(14-2)10(8)15-3/h4,13H,1-3H3. The van der Waals surface area contributed by atoms with E-state index in [9.17, 15) is 9.90 Å². The maximum Gasteiger partial charge on any atom is 0.175 e. The molecule has 1 N–H and O–H groups in total. The molecule has 82 valence electrons. The SMILES string of the molecule is COc1cc(Cl)c(O)c(C(C)=O)c1OC. The summed E-state index contributed by atoms with van der Waals surface area (Å²) >= 11 is 5.73. The van der Waals surface area contributed by atoms with Crippen molar-refractivity contribution in [3.63, 3.8) is 0 Å². The highest BCUT2D eigenvalue weighted by Crippen LogP contribution is 2.42. The predicted octanol–water partition coefficient (Wildman–Crippen LogP) is 2.27. The van der Waals surface area contributed by atoms with Crippen LogP contribution in [-0.2, 0) is 0 Å². The zero-order valence-corrected chi connectivity index (χ0v) is 9.38. The van der Waals surface area contributed by atoms with Crippen LogP contribution in [0.25, 0.3) is 0 Å². The number of ether oxygens (including phenoxy) is 2. The number of halogens is 1. The first-order valence-electron chi connectivity index (χ1n) is 4.17. The van der Waals surface area contributed by atoms with Gasteiger partial charge in [0, 0.05) is 6.07 Å². The summed E-state index contributed by atoms with van der Waals surface area (Å²) < 4.78 is 9.99. The molecule has 0 bridgehead atoms. The summed E-state index contributed by atoms with van der Waals surface area (Å²) in [4.78, 5) is 11.3. The van der Waals surface area contributed by atoms with Gasteiger partial charge in [-0.25, -0.2) is 0 Å². The van der Waals surface area contributed by atoms with Crippen molar-refractivity contribution < 1.29 is 19.4 Å². The molecule has 0 amide bonds. The monoisotopic (exact) mass is 230 g/mol. The van der Waals surface area contributed by atoms with E-state index in [4.69, 9.17) is 21.1 Å². The number of phenolic OH excluding ortho intramolecular Hbond substituents is 1. The lowest BCUT2D eigenvalue weighted by Gasteiger charge is -2.13. The number of phenols is 1. The second kappa shape index (κ2) is 4.40. The van der Waals surface area contributed by atoms with E-state index < -0.39 is 0 Å². The number of hydrogen-bond acceptors (Lipinski definition) is 4. The van der Waals surface area contributed by atoms with Crippen molar-refractivity contribution in [1.29, 1.82) is 0 Å². The Morgan fingerprint density at radius 1 is 1.40 bits per heavy atom. The van der Waals surface area contributed by atoms with Gasteiger partial charge in [-0.15, -0.1) is 0 Å². The molecule has 0 aliphatic carbocycles. The number of methoxy groups -OCH3 is 2. The molecule has 1 rings (SSSR count). The topological polar surface area (TPSA) is 55.8 Å². The van der Waals surface area contributed by atoms with Gasteiger partial charge in [0.05, 0.1) is 19.2 Å². The lowest BCUT2D eigenvalue weighted by molar-refractivity contribution is 0.101. The highest BCUT2D eigenvalue weighted by Gasteiger charge is 2.21. The van der Waals surface area contributed by atoms with Crippen molar-refractivity contribution in [3.05, 3.63) is 16.7 Å². The van der Waals surface area contributed by atoms with Crippen molar-refractivity contribution in [2.75, 3.05) is 14.2 Å². The molecular weight excluding hydrogens is 220 g/mol. The first-order valence-corrected chi connectivity index (χ1v) is 4.55. The second-order valence-electron chi connectivity index (χ2n) is 2.87. The van der Waals surface area contributed by atoms with Crippen molar-refractivity contribution >= 4 is 17.4 Å². The molecule has 0 aromatic heterocycles. The lowest BCUT2D eigenvalue weighted by Crippen LogP contribution is -2.01. The molecular formula is C10H11ClO4. The van der Waals surface area contributed by atoms with Crippen LogP contribution in [0.4, 0.5) is 0 Å². The Labute approximate surface area is 92.4 Å². The van der Waals surface area contributed by atoms with Gasteiger partial charge in [-0.05, 0) is 6.92 Å². The first-order chi connectivity index (χ1) is 7.02. The maximum atomic E-state index is 11.3. The van der Waals surface area contributed by atoms with Gasteiger partial charge in [0.1, 0.15) is 11.3 Å². The molecule has 0 radical (unpaired) electrons. The summed E-state index contributed by atoms with van der Waals surface area (Å²) in [6, 6.07) is 1.39. The summed E-state index contributed by atoms with van der Waals surface area (Å²) in [5.41, 5.74) is 0.0295. The number of aromatic hydroxyl groups is 1. The lowest BCUT2D eigenvalue weighted by atomic mass is 10.1. The fourth-order valence-corrected chi connectivity index (χ4v) is 1.47. The molecule has 0 fully saturated rings. The molecule has 4 nitrogen and oxygen atoms in total. The number of benzene rings is 1. The first kappa shape index (κ1) is 11.7. The number of ketones is 1. The number of Topliss-reactive ketones (excluding diaryl/α,β-unsaturated/α-hetero) is 1. The quantitative estimate of drug-likeness (QED) is 0.810. The fourth-order valence-electron chi connectivity index (χ4n) is 1.28. The summed E-state index contributed by atoms with van der Waals surface area (Å²) in [6.45, 7) is 1.31. The zero-order chi connectivity index (χ0) is 11.6. The molecule has 5 heteroatoms. The second-order valence-corrected chi connectivity index (χ2v) is 3.28. The van der Waals surface area contributed by atoms with Crippen LogP contribution < -0.4 is 9.47 Å². The molecule has 0 spiro atoms. The van der Waals surface area contributed by atoms with E-state index in [2.05, 4.69) is 0 Å². The van der Waals surface area contributed by atoms with Crippen LogP contribution in [0.1, 0.15) is 17.3 Å². The molecule has 0 aliphatic rings. The molecule has 1 aromatic rings. The van der Waals surface area contributed by atoms with Crippen molar-refractivity contribution in [1.82, 2.24) is 0 Å². The van der Waals surface area contributed by atoms with Crippen LogP contribution >= 0.6 is 11.6 Å². The van der Waals surface area contributed by atoms with Gasteiger partial charge < -0.3 is 14.6 Å². The van der Waals surface area contributed by atoms with Gasteiger partial charge >= 0.3 is 0 Å². The number of rotatable bonds is 3. The average molecular weight is 231 g/mol. The van der Waals surface area contributed by atoms with E-state index >= 15 is 0 Å². The molecule has 1 aromatic carbocycles. The van der Waals surface area contributed by atoms with Crippen LogP contribution in [0, 0.1) is 0 Å². The van der Waals surface area contributed by atoms with Gasteiger partial charge in [-0.1, -0.05) is 11.6 Å². The van der Waals surface area contributed by atoms with Crippen molar-refractivity contribution in [2.45, 2.75) is 6.92 Å². The molecule has 0 heterocycles. The van der Waals surface area contributed by atoms with E-state index in [1.807, 2.05) is 0 Å². The van der Waals surface area contributed by atoms with E-state index in [1.54, 1.807) is 0 Å². The Morgan fingerprint density at radius 3 is 2.40 bits per heavy atom. The van der Waals surface area contributed by atoms with E-state index in [1.165, 1.54) is 27.2 Å². The van der Waals surface area contributed by atoms with E-state index in [-0.39, 0.29) is 27.9 Å². The third-order valence-corrected chi connectivity index (χ3v) is 2.24. The van der Waals surface area contributed by atoms with Crippen LogP contribution in [0.3, 0.4) is 0 Å². The molecule has 0 saturated heterocycles. The Balaban J connectivity index is 3.56. The highest BCUT2D eigenvalue weighted by molar-refractivity contribution is 6.33. The zero-order valence-electron chi connectivity index (χ0n) is 8.63. The smallest absolute Gasteiger partial charge is 0.175 e. The summed E-state index contributed by atoms with van der Waals surface area (Å²) in [5, 5.41) is 9.67. The highest BCUT2D eigenvalue weighted by atomic mass is 35.5. The van der Waals surface area contributed by atoms with Crippen LogP contribution in [0.2, 0.25) is 5.02 Å². The minimum Gasteiger partial charge on any atom is -0.505 e. The Hall–Kier alpha value is -1.42. The molecule has 15 heavy (non-hydrogen) atoms. The maximum absolute atomic E-state index is 11.3. The molecule has 0 atom stereocenters. The molecule has 0 unspecified atom stereocenters. The number of carbonyl (C=O) groups excluding carboxylic acids is 1. The van der Waals surface area contributed by atoms with Crippen molar-refractivity contribution in [3.8, 4) is 17.2 Å². The number of carbonyl (C=O) groups is 1. The number of hydrogen-bond donors (Lipinski definition) is 1. The van der Waals surface area contributed by atoms with Gasteiger partial charge in [0.2, 0.25) is 0 Å². The molecule has 0 aliphatic heterocycles. The summed E-state index contributed by atoms with van der Waals surface area (Å²) in [5.74, 6) is -0.135. The predicted molar refractivity (Wildman–Crippen MR) is 56.2 cm³/mol. The van der Waals surface area contributed by atoms with E-state index in [0.717, 1.165) is 0 Å². The Kier molecular flexibility index (Phi) is 3.42. The normalized spacial score (nSPS) is 9.87. The minimum atomic E-state index is -0.342. The van der Waals surface area contributed by atoms with Crippen molar-refractivity contribution in [2.24, 2.45) is 0 Å². The third-order valence-electron chi connectivity index (χ3n) is 1.95. The van der Waals surface area contributed by atoms with Crippen LogP contribution in [0.15, 0.2) is 6.07 Å². The Morgan fingerprint density at radius 2 is 2.00 bits per heavy atom. The summed E-state index contributed by atoms with van der Waals surface area (Å²) in [6.07, 6.45) is 0. The van der Waals surface area contributed by atoms with Gasteiger partial charge in [-0.2, -0.15) is 0 Å². The van der Waals surface area contributed by atoms with Crippen LogP contribution in [0.5, 0.6) is 17.2 Å². The fraction of sp³-hybridized carbons (Fsp3) is 0.300. The molecule has 0 saturated carbocycles. The van der Waals surface area contributed by atoms with Gasteiger partial charge in [0.25, 0.3) is 0 Å². The largest absolute Gasteiger partial charge is 0.505 e. The average Bonchev–Trinajstić information content (AvgIpc) is 2.20. The summed E-state index contributed by atoms with van der Waals surface area (Å²) in [7, 11) is 2.81.